The predicted molar refractivity (Wildman–Crippen MR) is 128 cm³/mol. The summed E-state index contributed by atoms with van der Waals surface area (Å²) < 4.78 is 1.85. The average Bonchev–Trinajstić information content (AvgIpc) is 2.71. The summed E-state index contributed by atoms with van der Waals surface area (Å²) in [6.07, 6.45) is 4.29. The molecule has 0 bridgehead atoms. The van der Waals surface area contributed by atoms with Gasteiger partial charge in [-0.3, -0.25) is 0 Å². The van der Waals surface area contributed by atoms with E-state index in [4.69, 9.17) is 0 Å². The summed E-state index contributed by atoms with van der Waals surface area (Å²) in [6.45, 7) is 1.28. The normalized spacial score (nSPS) is 18.3. The number of hydrogen-bond acceptors (Lipinski definition) is 2. The lowest BCUT2D eigenvalue weighted by Gasteiger charge is -2.29. The second-order valence-corrected chi connectivity index (χ2v) is 9.42. The summed E-state index contributed by atoms with van der Waals surface area (Å²) in [4.78, 5) is 24.3. The summed E-state index contributed by atoms with van der Waals surface area (Å²) in [5, 5.41) is 11.7. The van der Waals surface area contributed by atoms with E-state index in [0.29, 0.717) is 24.9 Å². The Labute approximate surface area is 193 Å². The van der Waals surface area contributed by atoms with E-state index < -0.39 is 0 Å². The van der Waals surface area contributed by atoms with Gasteiger partial charge in [-0.15, -0.1) is 0 Å². The molecule has 2 atom stereocenters. The van der Waals surface area contributed by atoms with Crippen molar-refractivity contribution in [1.82, 2.24) is 10.6 Å². The molecular weight excluding hydrogens is 512 g/mol. The molecule has 1 saturated carbocycles. The van der Waals surface area contributed by atoms with Crippen molar-refractivity contribution in [1.29, 1.82) is 0 Å². The van der Waals surface area contributed by atoms with Crippen LogP contribution in [0.2, 0.25) is 0 Å². The molecule has 6 nitrogen and oxygen atoms in total. The molecule has 160 valence electrons. The average molecular weight is 538 g/mol. The van der Waals surface area contributed by atoms with Gasteiger partial charge in [-0.25, -0.2) is 9.59 Å². The van der Waals surface area contributed by atoms with Gasteiger partial charge < -0.3 is 21.3 Å². The first-order valence-corrected chi connectivity index (χ1v) is 11.7. The van der Waals surface area contributed by atoms with E-state index in [0.717, 1.165) is 46.0 Å². The highest BCUT2D eigenvalue weighted by Gasteiger charge is 2.23. The second kappa shape index (κ2) is 11.4. The molecule has 1 aliphatic rings. The highest BCUT2D eigenvalue weighted by atomic mass is 79.9. The van der Waals surface area contributed by atoms with Crippen LogP contribution in [0.3, 0.4) is 0 Å². The number of nitrogens with one attached hydrogen (secondary N) is 4. The molecule has 0 aliphatic heterocycles. The van der Waals surface area contributed by atoms with Crippen molar-refractivity contribution < 1.29 is 9.59 Å². The van der Waals surface area contributed by atoms with Crippen LogP contribution in [-0.4, -0.2) is 25.2 Å². The van der Waals surface area contributed by atoms with Gasteiger partial charge in [0.1, 0.15) is 0 Å². The minimum absolute atomic E-state index is 0.193. The summed E-state index contributed by atoms with van der Waals surface area (Å²) in [7, 11) is 0. The Morgan fingerprint density at radius 2 is 1.27 bits per heavy atom. The van der Waals surface area contributed by atoms with Crippen LogP contribution in [0.15, 0.2) is 57.5 Å². The number of hydrogen-bond donors (Lipinski definition) is 4. The van der Waals surface area contributed by atoms with Crippen molar-refractivity contribution in [2.45, 2.75) is 25.7 Å². The third-order valence-corrected chi connectivity index (χ3v) is 6.15. The van der Waals surface area contributed by atoms with Gasteiger partial charge in [0.2, 0.25) is 0 Å². The maximum Gasteiger partial charge on any atom is 0.319 e. The van der Waals surface area contributed by atoms with Crippen LogP contribution in [-0.2, 0) is 0 Å². The molecule has 0 radical (unpaired) electrons. The largest absolute Gasteiger partial charge is 0.338 e. The van der Waals surface area contributed by atoms with E-state index in [1.54, 1.807) is 0 Å². The highest BCUT2D eigenvalue weighted by molar-refractivity contribution is 9.10. The van der Waals surface area contributed by atoms with Crippen LogP contribution in [0.4, 0.5) is 21.0 Å². The van der Waals surface area contributed by atoms with Crippen LogP contribution >= 0.6 is 31.9 Å². The molecule has 4 amide bonds. The van der Waals surface area contributed by atoms with Crippen molar-refractivity contribution in [3.63, 3.8) is 0 Å². The Morgan fingerprint density at radius 3 is 1.70 bits per heavy atom. The summed E-state index contributed by atoms with van der Waals surface area (Å²) in [5.74, 6) is 0.846. The van der Waals surface area contributed by atoms with Crippen LogP contribution in [0.25, 0.3) is 0 Å². The maximum atomic E-state index is 12.2. The number of carbonyl (C=O) groups excluding carboxylic acids is 2. The predicted octanol–water partition coefficient (Wildman–Crippen LogP) is 5.96. The SMILES string of the molecule is O=C(NC[C@H]1CCC[C@@H](CNC(=O)Nc2cccc(Br)c2)C1)Nc1cccc(Br)c1. The Kier molecular flexibility index (Phi) is 8.57. The lowest BCUT2D eigenvalue weighted by Crippen LogP contribution is -2.38. The number of urea groups is 2. The van der Waals surface area contributed by atoms with E-state index >= 15 is 0 Å². The van der Waals surface area contributed by atoms with Crippen LogP contribution < -0.4 is 21.3 Å². The molecule has 0 saturated heterocycles. The third-order valence-electron chi connectivity index (χ3n) is 5.16. The lowest BCUT2D eigenvalue weighted by molar-refractivity contribution is 0.230. The first kappa shape index (κ1) is 22.6. The van der Waals surface area contributed by atoms with Crippen molar-refractivity contribution in [3.05, 3.63) is 57.5 Å². The zero-order chi connectivity index (χ0) is 21.3. The number of carbonyl (C=O) groups is 2. The molecule has 0 spiro atoms. The first-order valence-electron chi connectivity index (χ1n) is 10.1. The van der Waals surface area contributed by atoms with Crippen molar-refractivity contribution >= 4 is 55.3 Å². The van der Waals surface area contributed by atoms with Gasteiger partial charge >= 0.3 is 12.1 Å². The van der Waals surface area contributed by atoms with E-state index in [2.05, 4.69) is 53.1 Å². The second-order valence-electron chi connectivity index (χ2n) is 7.59. The molecule has 2 aromatic carbocycles. The monoisotopic (exact) mass is 536 g/mol. The summed E-state index contributed by atoms with van der Waals surface area (Å²) >= 11 is 6.80. The number of anilines is 2. The fourth-order valence-electron chi connectivity index (χ4n) is 3.73. The Balaban J connectivity index is 1.37. The zero-order valence-electron chi connectivity index (χ0n) is 16.6. The minimum Gasteiger partial charge on any atom is -0.338 e. The molecule has 0 aromatic heterocycles. The molecule has 0 unspecified atom stereocenters. The molecule has 1 aliphatic carbocycles. The van der Waals surface area contributed by atoms with Crippen LogP contribution in [0, 0.1) is 11.8 Å². The fourth-order valence-corrected chi connectivity index (χ4v) is 4.53. The van der Waals surface area contributed by atoms with Gasteiger partial charge in [0.25, 0.3) is 0 Å². The minimum atomic E-state index is -0.193. The van der Waals surface area contributed by atoms with Crippen LogP contribution in [0.1, 0.15) is 25.7 Å². The molecular formula is C22H26Br2N4O2. The van der Waals surface area contributed by atoms with Crippen molar-refractivity contribution in [3.8, 4) is 0 Å². The zero-order valence-corrected chi connectivity index (χ0v) is 19.8. The molecule has 0 heterocycles. The quantitative estimate of drug-likeness (QED) is 0.366. The van der Waals surface area contributed by atoms with E-state index in [-0.39, 0.29) is 12.1 Å². The lowest BCUT2D eigenvalue weighted by atomic mass is 9.81. The maximum absolute atomic E-state index is 12.2. The topological polar surface area (TPSA) is 82.3 Å². The molecule has 1 fully saturated rings. The molecule has 3 rings (SSSR count). The molecule has 30 heavy (non-hydrogen) atoms. The molecule has 8 heteroatoms. The van der Waals surface area contributed by atoms with Gasteiger partial charge in [0, 0.05) is 33.4 Å². The van der Waals surface area contributed by atoms with E-state index in [1.807, 2.05) is 48.5 Å². The Bertz CT molecular complexity index is 808. The highest BCUT2D eigenvalue weighted by Crippen LogP contribution is 2.28. The van der Waals surface area contributed by atoms with E-state index in [1.165, 1.54) is 0 Å². The number of rotatable bonds is 6. The van der Waals surface area contributed by atoms with Gasteiger partial charge in [-0.1, -0.05) is 50.4 Å². The van der Waals surface area contributed by atoms with Gasteiger partial charge in [0.05, 0.1) is 0 Å². The standard InChI is InChI=1S/C22H26Br2N4O2/c23-17-6-2-8-19(11-17)27-21(29)25-13-15-4-1-5-16(10-15)14-26-22(30)28-20-9-3-7-18(24)12-20/h2-3,6-9,11-12,15-16H,1,4-5,10,13-14H2,(H2,25,27,29)(H2,26,28,30)/t15-,16+. The van der Waals surface area contributed by atoms with Crippen molar-refractivity contribution in [2.24, 2.45) is 11.8 Å². The number of halogens is 2. The number of amides is 4. The van der Waals surface area contributed by atoms with Gasteiger partial charge in [0.15, 0.2) is 0 Å². The molecule has 2 aromatic rings. The first-order chi connectivity index (χ1) is 14.5. The smallest absolute Gasteiger partial charge is 0.319 e. The summed E-state index contributed by atoms with van der Waals surface area (Å²) in [6, 6.07) is 14.6. The van der Waals surface area contributed by atoms with E-state index in [9.17, 15) is 9.59 Å². The van der Waals surface area contributed by atoms with Crippen LogP contribution in [0.5, 0.6) is 0 Å². The molecule has 4 N–H and O–H groups in total. The third kappa shape index (κ3) is 7.65. The number of benzene rings is 2. The van der Waals surface area contributed by atoms with Gasteiger partial charge in [-0.2, -0.15) is 0 Å². The Morgan fingerprint density at radius 1 is 0.800 bits per heavy atom. The summed E-state index contributed by atoms with van der Waals surface area (Å²) in [5.41, 5.74) is 1.51. The van der Waals surface area contributed by atoms with Gasteiger partial charge in [-0.05, 0) is 67.5 Å². The van der Waals surface area contributed by atoms with Crippen molar-refractivity contribution in [2.75, 3.05) is 23.7 Å². The fraction of sp³-hybridized carbons (Fsp3) is 0.364. The Hall–Kier alpha value is -2.06.